The van der Waals surface area contributed by atoms with Crippen LogP contribution >= 0.6 is 0 Å². The van der Waals surface area contributed by atoms with Crippen molar-refractivity contribution in [2.75, 3.05) is 6.61 Å². The van der Waals surface area contributed by atoms with Gasteiger partial charge < -0.3 is 9.30 Å². The molecule has 1 aromatic carbocycles. The number of esters is 1. The molecule has 4 nitrogen and oxygen atoms in total. The molecule has 29 heavy (non-hydrogen) atoms. The minimum Gasteiger partial charge on any atom is -0.465 e. The van der Waals surface area contributed by atoms with E-state index in [9.17, 15) is 9.59 Å². The number of ether oxygens (including phenoxy) is 1. The molecule has 0 saturated heterocycles. The SMILES string of the molecule is C=Cc1ccc(C(=O)c2ccc3n2CCC3C(=O)OCCCCCCCC)cc1. The fourth-order valence-corrected chi connectivity index (χ4v) is 3.95. The molecule has 1 aromatic heterocycles. The first-order valence-electron chi connectivity index (χ1n) is 10.8. The van der Waals surface area contributed by atoms with E-state index in [1.807, 2.05) is 41.0 Å². The van der Waals surface area contributed by atoms with E-state index in [0.717, 1.165) is 24.1 Å². The van der Waals surface area contributed by atoms with Gasteiger partial charge in [0.25, 0.3) is 0 Å². The van der Waals surface area contributed by atoms with Crippen LogP contribution in [-0.2, 0) is 16.1 Å². The molecule has 1 aliphatic rings. The lowest BCUT2D eigenvalue weighted by molar-refractivity contribution is -0.145. The molecule has 4 heteroatoms. The van der Waals surface area contributed by atoms with Gasteiger partial charge in [-0.25, -0.2) is 0 Å². The fraction of sp³-hybridized carbons (Fsp3) is 0.440. The summed E-state index contributed by atoms with van der Waals surface area (Å²) in [6.07, 6.45) is 9.46. The standard InChI is InChI=1S/C25H31NO3/c1-3-5-6-7-8-9-18-29-25(28)21-16-17-26-22(21)14-15-23(26)24(27)20-12-10-19(4-2)11-13-20/h4,10-15,21H,2-3,5-9,16-18H2,1H3. The molecule has 0 bridgehead atoms. The molecule has 0 N–H and O–H groups in total. The molecular formula is C25H31NO3. The number of rotatable bonds is 11. The minimum absolute atomic E-state index is 0.0204. The summed E-state index contributed by atoms with van der Waals surface area (Å²) >= 11 is 0. The van der Waals surface area contributed by atoms with E-state index in [1.54, 1.807) is 6.08 Å². The number of hydrogen-bond donors (Lipinski definition) is 0. The lowest BCUT2D eigenvalue weighted by atomic mass is 10.0. The number of ketones is 1. The van der Waals surface area contributed by atoms with Crippen LogP contribution in [0, 0.1) is 0 Å². The minimum atomic E-state index is -0.264. The molecule has 0 saturated carbocycles. The second kappa shape index (κ2) is 10.2. The topological polar surface area (TPSA) is 48.3 Å². The largest absolute Gasteiger partial charge is 0.465 e. The molecule has 0 radical (unpaired) electrons. The van der Waals surface area contributed by atoms with E-state index in [1.165, 1.54) is 25.7 Å². The molecule has 0 amide bonds. The zero-order valence-electron chi connectivity index (χ0n) is 17.4. The molecule has 1 unspecified atom stereocenters. The third-order valence-electron chi connectivity index (χ3n) is 5.68. The highest BCUT2D eigenvalue weighted by atomic mass is 16.5. The Kier molecular flexibility index (Phi) is 7.45. The lowest BCUT2D eigenvalue weighted by Crippen LogP contribution is -2.14. The van der Waals surface area contributed by atoms with Crippen molar-refractivity contribution in [3.05, 3.63) is 65.5 Å². The number of carbonyl (C=O) groups is 2. The van der Waals surface area contributed by atoms with Gasteiger partial charge >= 0.3 is 5.97 Å². The molecule has 0 fully saturated rings. The molecule has 1 atom stereocenters. The fourth-order valence-electron chi connectivity index (χ4n) is 3.95. The van der Waals surface area contributed by atoms with E-state index in [-0.39, 0.29) is 17.7 Å². The van der Waals surface area contributed by atoms with Crippen molar-refractivity contribution < 1.29 is 14.3 Å². The third-order valence-corrected chi connectivity index (χ3v) is 5.68. The normalized spacial score (nSPS) is 15.1. The number of hydrogen-bond acceptors (Lipinski definition) is 3. The summed E-state index contributed by atoms with van der Waals surface area (Å²) in [6, 6.07) is 11.1. The Balaban J connectivity index is 1.56. The molecule has 1 aliphatic heterocycles. The van der Waals surface area contributed by atoms with Gasteiger partial charge in [-0.05, 0) is 30.5 Å². The number of benzene rings is 1. The van der Waals surface area contributed by atoms with Gasteiger partial charge in [0, 0.05) is 17.8 Å². The van der Waals surface area contributed by atoms with E-state index >= 15 is 0 Å². The Bertz CT molecular complexity index is 847. The summed E-state index contributed by atoms with van der Waals surface area (Å²) in [5, 5.41) is 0. The first-order valence-corrected chi connectivity index (χ1v) is 10.8. The molecule has 0 spiro atoms. The van der Waals surface area contributed by atoms with Gasteiger partial charge in [0.15, 0.2) is 0 Å². The van der Waals surface area contributed by atoms with E-state index in [2.05, 4.69) is 13.5 Å². The van der Waals surface area contributed by atoms with Crippen molar-refractivity contribution in [1.82, 2.24) is 4.57 Å². The van der Waals surface area contributed by atoms with Crippen LogP contribution in [0.3, 0.4) is 0 Å². The van der Waals surface area contributed by atoms with Crippen LogP contribution in [-0.4, -0.2) is 22.9 Å². The number of aromatic nitrogens is 1. The zero-order valence-corrected chi connectivity index (χ0v) is 17.4. The average molecular weight is 394 g/mol. The number of nitrogens with zero attached hydrogens (tertiary/aromatic N) is 1. The quantitative estimate of drug-likeness (QED) is 0.277. The van der Waals surface area contributed by atoms with Crippen molar-refractivity contribution in [1.29, 1.82) is 0 Å². The van der Waals surface area contributed by atoms with E-state index < -0.39 is 0 Å². The van der Waals surface area contributed by atoms with Gasteiger partial charge in [0.1, 0.15) is 0 Å². The maximum absolute atomic E-state index is 12.9. The van der Waals surface area contributed by atoms with Gasteiger partial charge in [-0.2, -0.15) is 0 Å². The van der Waals surface area contributed by atoms with Crippen molar-refractivity contribution >= 4 is 17.8 Å². The maximum atomic E-state index is 12.9. The average Bonchev–Trinajstić information content (AvgIpc) is 3.35. The third kappa shape index (κ3) is 5.06. The molecule has 2 aromatic rings. The van der Waals surface area contributed by atoms with E-state index in [0.29, 0.717) is 30.8 Å². The van der Waals surface area contributed by atoms with Crippen LogP contribution in [0.4, 0.5) is 0 Å². The summed E-state index contributed by atoms with van der Waals surface area (Å²) in [6.45, 7) is 7.10. The van der Waals surface area contributed by atoms with Crippen LogP contribution in [0.5, 0.6) is 0 Å². The van der Waals surface area contributed by atoms with Gasteiger partial charge in [0.2, 0.25) is 5.78 Å². The smallest absolute Gasteiger partial charge is 0.315 e. The van der Waals surface area contributed by atoms with Crippen LogP contribution in [0.15, 0.2) is 43.0 Å². The second-order valence-electron chi connectivity index (χ2n) is 7.73. The molecule has 2 heterocycles. The number of fused-ring (bicyclic) bond motifs is 1. The van der Waals surface area contributed by atoms with Crippen molar-refractivity contribution in [3.8, 4) is 0 Å². The molecule has 3 rings (SSSR count). The van der Waals surface area contributed by atoms with Gasteiger partial charge in [-0.15, -0.1) is 0 Å². The molecule has 0 aliphatic carbocycles. The summed E-state index contributed by atoms with van der Waals surface area (Å²) in [4.78, 5) is 25.4. The van der Waals surface area contributed by atoms with Crippen LogP contribution < -0.4 is 0 Å². The monoisotopic (exact) mass is 393 g/mol. The maximum Gasteiger partial charge on any atom is 0.315 e. The van der Waals surface area contributed by atoms with Crippen molar-refractivity contribution in [2.24, 2.45) is 0 Å². The summed E-state index contributed by atoms with van der Waals surface area (Å²) in [5.74, 6) is -0.447. The van der Waals surface area contributed by atoms with Gasteiger partial charge in [0.05, 0.1) is 18.2 Å². The Hall–Kier alpha value is -2.62. The second-order valence-corrected chi connectivity index (χ2v) is 7.73. The lowest BCUT2D eigenvalue weighted by Gasteiger charge is -2.10. The Morgan fingerprint density at radius 3 is 2.52 bits per heavy atom. The predicted octanol–water partition coefficient (Wildman–Crippen LogP) is 5.75. The Morgan fingerprint density at radius 2 is 1.79 bits per heavy atom. The summed E-state index contributed by atoms with van der Waals surface area (Å²) in [7, 11) is 0. The Labute approximate surface area is 173 Å². The summed E-state index contributed by atoms with van der Waals surface area (Å²) < 4.78 is 7.50. The van der Waals surface area contributed by atoms with Crippen LogP contribution in [0.2, 0.25) is 0 Å². The highest BCUT2D eigenvalue weighted by molar-refractivity contribution is 6.08. The Morgan fingerprint density at radius 1 is 1.07 bits per heavy atom. The van der Waals surface area contributed by atoms with Crippen molar-refractivity contribution in [3.63, 3.8) is 0 Å². The highest BCUT2D eigenvalue weighted by Crippen LogP contribution is 2.32. The first kappa shape index (κ1) is 21.1. The zero-order chi connectivity index (χ0) is 20.6. The van der Waals surface area contributed by atoms with Gasteiger partial charge in [-0.3, -0.25) is 9.59 Å². The summed E-state index contributed by atoms with van der Waals surface area (Å²) in [5.41, 5.74) is 3.15. The number of unbranched alkanes of at least 4 members (excludes halogenated alkanes) is 5. The van der Waals surface area contributed by atoms with E-state index in [4.69, 9.17) is 4.74 Å². The van der Waals surface area contributed by atoms with Gasteiger partial charge in [-0.1, -0.05) is 75.9 Å². The van der Waals surface area contributed by atoms with Crippen LogP contribution in [0.25, 0.3) is 6.08 Å². The molecule has 154 valence electrons. The predicted molar refractivity (Wildman–Crippen MR) is 116 cm³/mol. The van der Waals surface area contributed by atoms with Crippen LogP contribution in [0.1, 0.15) is 85.1 Å². The highest BCUT2D eigenvalue weighted by Gasteiger charge is 2.32. The molecular weight excluding hydrogens is 362 g/mol. The number of carbonyl (C=O) groups excluding carboxylic acids is 2. The first-order chi connectivity index (χ1) is 14.2. The van der Waals surface area contributed by atoms with Crippen molar-refractivity contribution in [2.45, 2.75) is 64.3 Å².